The lowest BCUT2D eigenvalue weighted by Crippen LogP contribution is -2.07. The molecule has 0 saturated carbocycles. The van der Waals surface area contributed by atoms with E-state index in [9.17, 15) is 0 Å². The molecule has 2 heterocycles. The smallest absolute Gasteiger partial charge is 0.203 e. The number of hydrogen-bond donors (Lipinski definition) is 0. The molecule has 0 atom stereocenters. The van der Waals surface area contributed by atoms with Crippen molar-refractivity contribution >= 4 is 36.0 Å². The van der Waals surface area contributed by atoms with Crippen LogP contribution in [-0.4, -0.2) is 18.9 Å². The Balaban J connectivity index is 2.81. The van der Waals surface area contributed by atoms with E-state index in [2.05, 4.69) is 11.6 Å². The number of halogens is 1. The summed E-state index contributed by atoms with van der Waals surface area (Å²) in [7, 11) is 1.87. The van der Waals surface area contributed by atoms with Gasteiger partial charge in [0.2, 0.25) is 9.54 Å². The Morgan fingerprint density at radius 1 is 1.35 bits per heavy atom. The van der Waals surface area contributed by atoms with Crippen molar-refractivity contribution in [1.82, 2.24) is 18.9 Å². The van der Waals surface area contributed by atoms with Crippen LogP contribution in [-0.2, 0) is 13.6 Å². The van der Waals surface area contributed by atoms with Crippen molar-refractivity contribution in [2.75, 3.05) is 0 Å². The zero-order chi connectivity index (χ0) is 15.0. The quantitative estimate of drug-likeness (QED) is 0.632. The highest BCUT2D eigenvalue weighted by Gasteiger charge is 2.13. The lowest BCUT2D eigenvalue weighted by Gasteiger charge is -2.08. The van der Waals surface area contributed by atoms with Gasteiger partial charge in [-0.15, -0.1) is 6.58 Å². The molecule has 20 heavy (non-hydrogen) atoms. The van der Waals surface area contributed by atoms with E-state index in [0.717, 1.165) is 17.1 Å². The Bertz CT molecular complexity index is 798. The number of pyridine rings is 1. The Morgan fingerprint density at radius 3 is 2.60 bits per heavy atom. The van der Waals surface area contributed by atoms with Gasteiger partial charge in [0, 0.05) is 7.05 Å². The van der Waals surface area contributed by atoms with Crippen molar-refractivity contribution in [3.8, 4) is 5.82 Å². The van der Waals surface area contributed by atoms with Crippen LogP contribution in [0.5, 0.6) is 0 Å². The van der Waals surface area contributed by atoms with Crippen LogP contribution in [0.15, 0.2) is 18.7 Å². The number of aryl methyl sites for hydroxylation is 2. The number of hydrogen-bond acceptors (Lipinski definition) is 3. The van der Waals surface area contributed by atoms with Crippen LogP contribution in [0.4, 0.5) is 0 Å². The molecule has 0 aromatic carbocycles. The third-order valence-corrected chi connectivity index (χ3v) is 4.29. The first-order chi connectivity index (χ1) is 9.38. The lowest BCUT2D eigenvalue weighted by atomic mass is 10.2. The fraction of sp³-hybridized carbons (Fsp3) is 0.308. The minimum Gasteiger partial charge on any atom is -0.261 e. The predicted octanol–water partition coefficient (Wildman–Crippen LogP) is 3.93. The van der Waals surface area contributed by atoms with Crippen molar-refractivity contribution < 1.29 is 0 Å². The van der Waals surface area contributed by atoms with Crippen LogP contribution >= 0.6 is 36.0 Å². The van der Waals surface area contributed by atoms with Crippen molar-refractivity contribution in [2.45, 2.75) is 20.4 Å². The van der Waals surface area contributed by atoms with Crippen LogP contribution in [0, 0.1) is 23.4 Å². The Kier molecular flexibility index (Phi) is 4.27. The minimum atomic E-state index is 0.592. The van der Waals surface area contributed by atoms with Gasteiger partial charge < -0.3 is 0 Å². The molecule has 0 fully saturated rings. The standard InChI is InChI=1S/C13H15ClN4S2/c1-5-6-17-13(20)18(12(19)16(17)4)11-8(2)7-10(14)9(3)15-11/h5,7H,1,6H2,2-4H3. The molecule has 0 aliphatic rings. The molecule has 2 aromatic heterocycles. The molecule has 2 aromatic rings. The molecular formula is C13H15ClN4S2. The number of aromatic nitrogens is 4. The van der Waals surface area contributed by atoms with E-state index in [4.69, 9.17) is 36.0 Å². The predicted molar refractivity (Wildman–Crippen MR) is 86.9 cm³/mol. The summed E-state index contributed by atoms with van der Waals surface area (Å²) in [4.78, 5) is 4.52. The molecule has 4 nitrogen and oxygen atoms in total. The monoisotopic (exact) mass is 326 g/mol. The minimum absolute atomic E-state index is 0.592. The van der Waals surface area contributed by atoms with Crippen molar-refractivity contribution in [1.29, 1.82) is 0 Å². The van der Waals surface area contributed by atoms with E-state index in [1.807, 2.05) is 36.3 Å². The zero-order valence-electron chi connectivity index (χ0n) is 11.6. The summed E-state index contributed by atoms with van der Waals surface area (Å²) in [5.41, 5.74) is 1.68. The van der Waals surface area contributed by atoms with Gasteiger partial charge in [0.05, 0.1) is 17.3 Å². The molecule has 2 rings (SSSR count). The number of rotatable bonds is 3. The van der Waals surface area contributed by atoms with Gasteiger partial charge in [0.15, 0.2) is 0 Å². The van der Waals surface area contributed by atoms with Crippen molar-refractivity contribution in [3.63, 3.8) is 0 Å². The summed E-state index contributed by atoms with van der Waals surface area (Å²) in [6.45, 7) is 8.13. The van der Waals surface area contributed by atoms with E-state index in [-0.39, 0.29) is 0 Å². The van der Waals surface area contributed by atoms with Crippen LogP contribution < -0.4 is 0 Å². The first kappa shape index (κ1) is 15.2. The molecule has 0 amide bonds. The van der Waals surface area contributed by atoms with E-state index < -0.39 is 0 Å². The molecule has 0 saturated heterocycles. The summed E-state index contributed by atoms with van der Waals surface area (Å²) in [5, 5.41) is 0.638. The maximum absolute atomic E-state index is 6.09. The second-order valence-corrected chi connectivity index (χ2v) is 5.63. The summed E-state index contributed by atoms with van der Waals surface area (Å²) in [6, 6.07) is 1.88. The summed E-state index contributed by atoms with van der Waals surface area (Å²) in [5.74, 6) is 0.723. The summed E-state index contributed by atoms with van der Waals surface area (Å²) in [6.07, 6.45) is 1.78. The van der Waals surface area contributed by atoms with Gasteiger partial charge in [-0.05, 0) is 49.9 Å². The average molecular weight is 327 g/mol. The first-order valence-electron chi connectivity index (χ1n) is 6.02. The van der Waals surface area contributed by atoms with Gasteiger partial charge in [-0.25, -0.2) is 9.55 Å². The Hall–Kier alpha value is -1.24. The van der Waals surface area contributed by atoms with Gasteiger partial charge >= 0.3 is 0 Å². The zero-order valence-corrected chi connectivity index (χ0v) is 13.9. The molecule has 0 radical (unpaired) electrons. The number of nitrogens with zero attached hydrogens (tertiary/aromatic N) is 4. The van der Waals surface area contributed by atoms with Gasteiger partial charge in [-0.1, -0.05) is 17.7 Å². The molecule has 106 valence electrons. The molecule has 0 aliphatic heterocycles. The fourth-order valence-electron chi connectivity index (χ4n) is 1.96. The highest BCUT2D eigenvalue weighted by molar-refractivity contribution is 7.72. The highest BCUT2D eigenvalue weighted by atomic mass is 35.5. The van der Waals surface area contributed by atoms with E-state index in [1.54, 1.807) is 10.6 Å². The van der Waals surface area contributed by atoms with Gasteiger partial charge in [0.25, 0.3) is 0 Å². The van der Waals surface area contributed by atoms with Crippen LogP contribution in [0.3, 0.4) is 0 Å². The first-order valence-corrected chi connectivity index (χ1v) is 7.21. The second kappa shape index (κ2) is 5.63. The molecular weight excluding hydrogens is 312 g/mol. The molecule has 0 N–H and O–H groups in total. The summed E-state index contributed by atoms with van der Waals surface area (Å²) < 4.78 is 6.66. The van der Waals surface area contributed by atoms with Crippen molar-refractivity contribution in [3.05, 3.63) is 44.5 Å². The topological polar surface area (TPSA) is 27.7 Å². The molecule has 0 spiro atoms. The van der Waals surface area contributed by atoms with Gasteiger partial charge in [-0.3, -0.25) is 9.36 Å². The molecule has 0 unspecified atom stereocenters. The summed E-state index contributed by atoms with van der Waals surface area (Å²) >= 11 is 17.1. The molecule has 7 heteroatoms. The maximum Gasteiger partial charge on any atom is 0.203 e. The largest absolute Gasteiger partial charge is 0.261 e. The highest BCUT2D eigenvalue weighted by Crippen LogP contribution is 2.21. The van der Waals surface area contributed by atoms with Crippen LogP contribution in [0.1, 0.15) is 11.3 Å². The average Bonchev–Trinajstić information content (AvgIpc) is 2.59. The Labute approximate surface area is 132 Å². The van der Waals surface area contributed by atoms with Crippen LogP contribution in [0.25, 0.3) is 5.82 Å². The maximum atomic E-state index is 6.09. The third-order valence-electron chi connectivity index (χ3n) is 3.07. The van der Waals surface area contributed by atoms with Crippen molar-refractivity contribution in [2.24, 2.45) is 7.05 Å². The molecule has 0 aliphatic carbocycles. The number of allylic oxidation sites excluding steroid dienone is 1. The second-order valence-electron chi connectivity index (χ2n) is 4.49. The fourth-order valence-corrected chi connectivity index (χ4v) is 2.87. The van der Waals surface area contributed by atoms with Crippen LogP contribution in [0.2, 0.25) is 5.02 Å². The Morgan fingerprint density at radius 2 is 2.00 bits per heavy atom. The van der Waals surface area contributed by atoms with E-state index in [0.29, 0.717) is 21.1 Å². The lowest BCUT2D eigenvalue weighted by molar-refractivity contribution is 0.547. The van der Waals surface area contributed by atoms with Gasteiger partial charge in [-0.2, -0.15) is 0 Å². The van der Waals surface area contributed by atoms with E-state index in [1.165, 1.54) is 0 Å². The normalized spacial score (nSPS) is 10.8. The third kappa shape index (κ3) is 2.39. The van der Waals surface area contributed by atoms with E-state index >= 15 is 0 Å². The van der Waals surface area contributed by atoms with Gasteiger partial charge in [0.1, 0.15) is 5.82 Å². The SMILES string of the molecule is C=CCn1c(=S)n(-c2nc(C)c(Cl)cc2C)c(=S)n1C. The molecule has 0 bridgehead atoms.